The number of nitrogens with one attached hydrogen (secondary N) is 1. The van der Waals surface area contributed by atoms with Crippen molar-refractivity contribution in [1.82, 2.24) is 39.0 Å². The fourth-order valence-electron chi connectivity index (χ4n) is 5.30. The standard InChI is InChI=1S/C21H27BN9O12P2/c1-7-28-18-11(19(34)29-7)27-6-31(18)21-15-12(32)8(40-21)2-39-45(36,37)43-14-9(3-38-44(22,35)42-15)41-20(13(14)33)30-5-26-10-16(23)24-4-25-17(10)30/h4-6,8-9,12-15,20-21,32-33H,2-3H2,1,22H3,(H,36,37)(H2,23,24,25)(H,28,29,34)/q-1/t8-,9-,12?,13?,14+,15+,20-,21-,44?/m1/s1. The van der Waals surface area contributed by atoms with E-state index < -0.39 is 90.7 Å². The lowest BCUT2D eigenvalue weighted by Gasteiger charge is -2.30. The number of nitrogens with two attached hydrogens (primary N) is 1. The lowest BCUT2D eigenvalue weighted by atomic mass is 10.1. The van der Waals surface area contributed by atoms with E-state index in [1.54, 1.807) is 6.92 Å². The molecule has 7 rings (SSSR count). The normalized spacial score (nSPS) is 37.7. The van der Waals surface area contributed by atoms with Gasteiger partial charge in [0.25, 0.3) is 5.56 Å². The van der Waals surface area contributed by atoms with Crippen LogP contribution in [-0.4, -0.2) is 112 Å². The molecule has 10 atom stereocenters. The van der Waals surface area contributed by atoms with Crippen molar-refractivity contribution in [2.75, 3.05) is 18.9 Å². The number of ether oxygens (including phenoxy) is 2. The minimum Gasteiger partial charge on any atom is -0.387 e. The van der Waals surface area contributed by atoms with Crippen molar-refractivity contribution < 1.29 is 51.8 Å². The van der Waals surface area contributed by atoms with Gasteiger partial charge in [-0.15, -0.1) is 0 Å². The lowest BCUT2D eigenvalue weighted by molar-refractivity contribution is -0.0621. The molecular weight excluding hydrogens is 643 g/mol. The zero-order valence-electron chi connectivity index (χ0n) is 22.4. The number of hydrogen-bond acceptors (Lipinski definition) is 17. The highest BCUT2D eigenvalue weighted by atomic mass is 31.2. The van der Waals surface area contributed by atoms with Crippen LogP contribution in [0.3, 0.4) is 0 Å². The summed E-state index contributed by atoms with van der Waals surface area (Å²) in [6, 6.07) is 0. The first kappa shape index (κ1) is 30.5. The second kappa shape index (κ2) is 11.0. The topological polar surface area (TPSA) is 283 Å². The average Bonchev–Trinajstić information content (AvgIpc) is 3.72. The smallest absolute Gasteiger partial charge is 0.387 e. The molecule has 0 aromatic carbocycles. The van der Waals surface area contributed by atoms with Gasteiger partial charge < -0.3 is 48.9 Å². The summed E-state index contributed by atoms with van der Waals surface area (Å²) >= 11 is 0. The quantitative estimate of drug-likeness (QED) is 0.111. The van der Waals surface area contributed by atoms with Gasteiger partial charge in [-0.2, -0.15) is 0 Å². The van der Waals surface area contributed by atoms with E-state index in [2.05, 4.69) is 29.9 Å². The summed E-state index contributed by atoms with van der Waals surface area (Å²) in [5.74, 6) is 0.359. The maximum Gasteiger partial charge on any atom is 0.472 e. The summed E-state index contributed by atoms with van der Waals surface area (Å²) in [7, 11) is -10.1. The summed E-state index contributed by atoms with van der Waals surface area (Å²) in [6.07, 6.45) is -7.34. The van der Waals surface area contributed by atoms with E-state index >= 15 is 0 Å². The monoisotopic (exact) mass is 670 g/mol. The SMILES string of the molecule is [BH3-]P1(=O)OC[C@H]2O[C@@H](n3cnc4c(N)ncnc43)C(O)[C@H]2OP(=O)(O)OC[C@H]2O[C@@H](n3cnc4c(=O)[nH]c(C)nc43)[C@@H](O1)C2O. The molecule has 21 nitrogen and oxygen atoms in total. The van der Waals surface area contributed by atoms with E-state index in [1.165, 1.54) is 28.1 Å². The molecule has 0 spiro atoms. The van der Waals surface area contributed by atoms with Gasteiger partial charge in [0.1, 0.15) is 61.8 Å². The van der Waals surface area contributed by atoms with Crippen molar-refractivity contribution in [3.8, 4) is 0 Å². The van der Waals surface area contributed by atoms with Gasteiger partial charge in [-0.05, 0) is 6.92 Å². The number of aliphatic hydroxyl groups is 2. The average molecular weight is 670 g/mol. The van der Waals surface area contributed by atoms with Crippen molar-refractivity contribution in [2.24, 2.45) is 0 Å². The Hall–Kier alpha value is -3.14. The van der Waals surface area contributed by atoms with Crippen LogP contribution in [0.15, 0.2) is 23.8 Å². The second-order valence-corrected chi connectivity index (χ2v) is 12.4. The molecule has 3 fully saturated rings. The molecule has 0 amide bonds. The molecule has 7 heterocycles. The van der Waals surface area contributed by atoms with Gasteiger partial charge in [0.15, 0.2) is 35.1 Å². The molecular formula is C21H27BN9O12P2-. The molecule has 45 heavy (non-hydrogen) atoms. The van der Waals surface area contributed by atoms with Crippen LogP contribution in [0, 0.1) is 6.92 Å². The Morgan fingerprint density at radius 3 is 2.40 bits per heavy atom. The summed E-state index contributed by atoms with van der Waals surface area (Å²) in [4.78, 5) is 46.2. The number of imidazole rings is 2. The largest absolute Gasteiger partial charge is 0.472 e. The highest BCUT2D eigenvalue weighted by Gasteiger charge is 2.52. The number of anilines is 1. The predicted octanol–water partition coefficient (Wildman–Crippen LogP) is -2.24. The molecule has 0 saturated carbocycles. The number of aryl methyl sites for hydroxylation is 1. The molecule has 4 aromatic heterocycles. The first-order valence-corrected chi connectivity index (χ1v) is 15.6. The van der Waals surface area contributed by atoms with Crippen molar-refractivity contribution in [1.29, 1.82) is 0 Å². The van der Waals surface area contributed by atoms with Crippen LogP contribution in [0.1, 0.15) is 18.3 Å². The molecule has 24 heteroatoms. The van der Waals surface area contributed by atoms with E-state index in [0.717, 1.165) is 0 Å². The van der Waals surface area contributed by atoms with E-state index in [4.69, 9.17) is 33.3 Å². The van der Waals surface area contributed by atoms with Gasteiger partial charge in [-0.25, -0.2) is 29.5 Å². The third-order valence-corrected chi connectivity index (χ3v) is 9.08. The molecule has 0 aliphatic carbocycles. The van der Waals surface area contributed by atoms with Crippen molar-refractivity contribution in [2.45, 2.75) is 56.0 Å². The van der Waals surface area contributed by atoms with E-state index in [-0.39, 0.29) is 34.0 Å². The van der Waals surface area contributed by atoms with Gasteiger partial charge in [-0.3, -0.25) is 23.0 Å². The van der Waals surface area contributed by atoms with E-state index in [9.17, 15) is 29.0 Å². The summed E-state index contributed by atoms with van der Waals surface area (Å²) in [5, 5.41) is 22.4. The Bertz CT molecular complexity index is 1940. The van der Waals surface area contributed by atoms with Crippen LogP contribution in [-0.2, 0) is 36.7 Å². The van der Waals surface area contributed by atoms with Crippen LogP contribution in [0.5, 0.6) is 0 Å². The summed E-state index contributed by atoms with van der Waals surface area (Å²) < 4.78 is 63.7. The molecule has 3 aliphatic rings. The minimum absolute atomic E-state index is 0.0186. The number of phosphoric acid groups is 1. The first-order chi connectivity index (χ1) is 21.3. The van der Waals surface area contributed by atoms with E-state index in [0.29, 0.717) is 0 Å². The minimum atomic E-state index is -4.97. The molecule has 0 radical (unpaired) electrons. The lowest BCUT2D eigenvalue weighted by Crippen LogP contribution is -2.36. The summed E-state index contributed by atoms with van der Waals surface area (Å²) in [6.45, 7) is 0.365. The van der Waals surface area contributed by atoms with Crippen LogP contribution in [0.25, 0.3) is 22.3 Å². The third-order valence-electron chi connectivity index (χ3n) is 7.32. The number of phosphoric ester groups is 1. The van der Waals surface area contributed by atoms with Crippen LogP contribution in [0.4, 0.5) is 5.82 Å². The van der Waals surface area contributed by atoms with Gasteiger partial charge in [0, 0.05) is 0 Å². The maximum absolute atomic E-state index is 13.8. The number of aliphatic hydroxyl groups excluding tert-OH is 2. The molecule has 4 unspecified atom stereocenters. The fraction of sp³-hybridized carbons (Fsp3) is 0.524. The number of hydrogen-bond donors (Lipinski definition) is 5. The third kappa shape index (κ3) is 5.41. The van der Waals surface area contributed by atoms with Crippen LogP contribution in [0.2, 0.25) is 0 Å². The van der Waals surface area contributed by atoms with Crippen molar-refractivity contribution in [3.63, 3.8) is 0 Å². The fourth-order valence-corrected chi connectivity index (χ4v) is 7.02. The van der Waals surface area contributed by atoms with Crippen LogP contribution < -0.4 is 11.3 Å². The van der Waals surface area contributed by atoms with Crippen molar-refractivity contribution >= 4 is 51.0 Å². The van der Waals surface area contributed by atoms with Gasteiger partial charge in [0.05, 0.1) is 33.4 Å². The molecule has 4 aromatic rings. The zero-order valence-corrected chi connectivity index (χ0v) is 24.2. The number of fused-ring (bicyclic) bond motifs is 5. The first-order valence-electron chi connectivity index (χ1n) is 13.0. The Kier molecular flexibility index (Phi) is 7.45. The number of H-pyrrole nitrogens is 1. The second-order valence-electron chi connectivity index (χ2n) is 10.1. The number of nitrogens with zero attached hydrogens (tertiary/aromatic N) is 7. The Labute approximate surface area is 252 Å². The van der Waals surface area contributed by atoms with Gasteiger partial charge in [-0.1, -0.05) is 0 Å². The number of rotatable bonds is 2. The van der Waals surface area contributed by atoms with Gasteiger partial charge in [0.2, 0.25) is 0 Å². The highest BCUT2D eigenvalue weighted by Crippen LogP contribution is 2.53. The van der Waals surface area contributed by atoms with E-state index in [1.807, 2.05) is 0 Å². The maximum atomic E-state index is 13.8. The Balaban J connectivity index is 1.21. The molecule has 242 valence electrons. The van der Waals surface area contributed by atoms with Crippen LogP contribution >= 0.6 is 15.3 Å². The molecule has 2 bridgehead atoms. The van der Waals surface area contributed by atoms with Crippen molar-refractivity contribution in [3.05, 3.63) is 35.2 Å². The summed E-state index contributed by atoms with van der Waals surface area (Å²) in [5.41, 5.74) is 5.88. The zero-order chi connectivity index (χ0) is 31.8. The molecule has 6 N–H and O–H groups in total. The number of nitrogen functional groups attached to an aromatic ring is 1. The molecule has 3 saturated heterocycles. The van der Waals surface area contributed by atoms with Gasteiger partial charge >= 0.3 is 7.82 Å². The highest BCUT2D eigenvalue weighted by molar-refractivity contribution is 7.79. The number of aromatic nitrogens is 8. The Morgan fingerprint density at radius 1 is 0.933 bits per heavy atom. The Morgan fingerprint density at radius 2 is 1.62 bits per heavy atom. The number of aromatic amines is 1. The molecule has 3 aliphatic heterocycles. The predicted molar refractivity (Wildman–Crippen MR) is 151 cm³/mol.